The normalized spacial score (nSPS) is 18.8. The van der Waals surface area contributed by atoms with E-state index in [1.807, 2.05) is 23.1 Å². The lowest BCUT2D eigenvalue weighted by Crippen LogP contribution is -2.43. The molecule has 0 aliphatic carbocycles. The molecule has 7 heteroatoms. The molecule has 0 saturated heterocycles. The van der Waals surface area contributed by atoms with E-state index in [-0.39, 0.29) is 11.8 Å². The highest BCUT2D eigenvalue weighted by atomic mass is 16.5. The molecule has 130 valence electrons. The number of carbonyl (C=O) groups excluding carboxylic acids is 1. The van der Waals surface area contributed by atoms with E-state index in [2.05, 4.69) is 10.2 Å². The number of aromatic nitrogens is 2. The predicted octanol–water partition coefficient (Wildman–Crippen LogP) is 1.20. The molecule has 2 aliphatic heterocycles. The van der Waals surface area contributed by atoms with Gasteiger partial charge in [-0.2, -0.15) is 5.10 Å². The molecule has 1 aromatic heterocycles. The quantitative estimate of drug-likeness (QED) is 0.883. The van der Waals surface area contributed by atoms with Crippen LogP contribution >= 0.6 is 0 Å². The molecule has 25 heavy (non-hydrogen) atoms. The first kappa shape index (κ1) is 15.7. The van der Waals surface area contributed by atoms with Crippen molar-refractivity contribution in [1.29, 1.82) is 0 Å². The second-order valence-corrected chi connectivity index (χ2v) is 6.41. The van der Waals surface area contributed by atoms with Crippen LogP contribution in [0.5, 0.6) is 11.5 Å². The number of para-hydroxylation sites is 1. The molecule has 7 nitrogen and oxygen atoms in total. The Bertz CT molecular complexity index is 824. The molecule has 3 heterocycles. The summed E-state index contributed by atoms with van der Waals surface area (Å²) < 4.78 is 11.2. The van der Waals surface area contributed by atoms with Gasteiger partial charge in [0.05, 0.1) is 18.7 Å². The molecular formula is C18H20N4O3. The average molecular weight is 340 g/mol. The summed E-state index contributed by atoms with van der Waals surface area (Å²) in [7, 11) is 1.62. The van der Waals surface area contributed by atoms with Gasteiger partial charge in [-0.15, -0.1) is 5.10 Å². The number of carbonyl (C=O) groups is 1. The van der Waals surface area contributed by atoms with Crippen molar-refractivity contribution in [3.63, 3.8) is 0 Å². The summed E-state index contributed by atoms with van der Waals surface area (Å²) >= 11 is 0. The van der Waals surface area contributed by atoms with Crippen molar-refractivity contribution in [2.24, 2.45) is 5.92 Å². The number of rotatable bonds is 2. The number of benzene rings is 1. The van der Waals surface area contributed by atoms with Crippen LogP contribution in [0.4, 0.5) is 5.82 Å². The van der Waals surface area contributed by atoms with Crippen molar-refractivity contribution in [3.05, 3.63) is 41.1 Å². The highest BCUT2D eigenvalue weighted by molar-refractivity contribution is 5.80. The summed E-state index contributed by atoms with van der Waals surface area (Å²) in [6.45, 7) is 1.54. The van der Waals surface area contributed by atoms with Gasteiger partial charge in [0.2, 0.25) is 5.91 Å². The molecular weight excluding hydrogens is 320 g/mol. The molecule has 0 bridgehead atoms. The summed E-state index contributed by atoms with van der Waals surface area (Å²) in [6.07, 6.45) is 1.36. The monoisotopic (exact) mass is 340 g/mol. The standard InChI is InChI=1S/C18H20N4O3/c1-24-15-4-2-3-11-7-13(10-25-17(11)15)18(23)22-6-5-14-12(9-22)8-16(19)21-20-14/h2-4,8,13H,5-7,9-10H2,1H3,(H2,19,21)/t13-/m0/s1. The number of hydrogen-bond donors (Lipinski definition) is 1. The van der Waals surface area contributed by atoms with E-state index in [9.17, 15) is 4.79 Å². The minimum Gasteiger partial charge on any atom is -0.493 e. The molecule has 1 aromatic carbocycles. The second kappa shape index (κ2) is 6.23. The van der Waals surface area contributed by atoms with Gasteiger partial charge >= 0.3 is 0 Å². The third-order valence-corrected chi connectivity index (χ3v) is 4.80. The number of nitrogens with two attached hydrogens (primary N) is 1. The molecule has 0 fully saturated rings. The third kappa shape index (κ3) is 2.86. The summed E-state index contributed by atoms with van der Waals surface area (Å²) in [6, 6.07) is 7.58. The highest BCUT2D eigenvalue weighted by Gasteiger charge is 2.32. The van der Waals surface area contributed by atoms with Crippen LogP contribution in [0.1, 0.15) is 16.8 Å². The number of methoxy groups -OCH3 is 1. The molecule has 4 rings (SSSR count). The maximum Gasteiger partial charge on any atom is 0.229 e. The van der Waals surface area contributed by atoms with Gasteiger partial charge < -0.3 is 20.1 Å². The fourth-order valence-corrected chi connectivity index (χ4v) is 3.51. The van der Waals surface area contributed by atoms with E-state index in [1.54, 1.807) is 13.2 Å². The lowest BCUT2D eigenvalue weighted by molar-refractivity contribution is -0.137. The van der Waals surface area contributed by atoms with Gasteiger partial charge in [-0.25, -0.2) is 0 Å². The molecule has 2 N–H and O–H groups in total. The van der Waals surface area contributed by atoms with Crippen LogP contribution < -0.4 is 15.2 Å². The first-order chi connectivity index (χ1) is 12.2. The number of nitrogen functional groups attached to an aromatic ring is 1. The Morgan fingerprint density at radius 1 is 1.36 bits per heavy atom. The second-order valence-electron chi connectivity index (χ2n) is 6.41. The molecule has 2 aromatic rings. The highest BCUT2D eigenvalue weighted by Crippen LogP contribution is 2.36. The fourth-order valence-electron chi connectivity index (χ4n) is 3.51. The predicted molar refractivity (Wildman–Crippen MR) is 91.2 cm³/mol. The zero-order chi connectivity index (χ0) is 17.4. The molecule has 0 radical (unpaired) electrons. The van der Waals surface area contributed by atoms with Crippen molar-refractivity contribution in [1.82, 2.24) is 15.1 Å². The largest absolute Gasteiger partial charge is 0.493 e. The van der Waals surface area contributed by atoms with Crippen LogP contribution in [0, 0.1) is 5.92 Å². The Labute approximate surface area is 145 Å². The Kier molecular flexibility index (Phi) is 3.91. The Balaban J connectivity index is 1.51. The zero-order valence-corrected chi connectivity index (χ0v) is 14.1. The molecule has 0 saturated carbocycles. The van der Waals surface area contributed by atoms with Crippen molar-refractivity contribution < 1.29 is 14.3 Å². The van der Waals surface area contributed by atoms with Crippen LogP contribution in [0.25, 0.3) is 0 Å². The van der Waals surface area contributed by atoms with Crippen LogP contribution in [0.2, 0.25) is 0 Å². The van der Waals surface area contributed by atoms with E-state index in [0.717, 1.165) is 22.6 Å². The Hall–Kier alpha value is -2.83. The Morgan fingerprint density at radius 2 is 2.24 bits per heavy atom. The summed E-state index contributed by atoms with van der Waals surface area (Å²) in [5.74, 6) is 1.77. The van der Waals surface area contributed by atoms with E-state index in [4.69, 9.17) is 15.2 Å². The van der Waals surface area contributed by atoms with Gasteiger partial charge in [0.15, 0.2) is 11.5 Å². The van der Waals surface area contributed by atoms with E-state index < -0.39 is 0 Å². The molecule has 0 unspecified atom stereocenters. The van der Waals surface area contributed by atoms with Crippen molar-refractivity contribution in [2.45, 2.75) is 19.4 Å². The van der Waals surface area contributed by atoms with Gasteiger partial charge in [-0.1, -0.05) is 12.1 Å². The van der Waals surface area contributed by atoms with Gasteiger partial charge in [-0.05, 0) is 29.7 Å². The number of anilines is 1. The van der Waals surface area contributed by atoms with Gasteiger partial charge in [-0.3, -0.25) is 4.79 Å². The number of fused-ring (bicyclic) bond motifs is 2. The lowest BCUT2D eigenvalue weighted by Gasteiger charge is -2.33. The topological polar surface area (TPSA) is 90.6 Å². The smallest absolute Gasteiger partial charge is 0.229 e. The fraction of sp³-hybridized carbons (Fsp3) is 0.389. The van der Waals surface area contributed by atoms with Crippen LogP contribution in [0.3, 0.4) is 0 Å². The lowest BCUT2D eigenvalue weighted by atomic mass is 9.94. The molecule has 1 atom stereocenters. The summed E-state index contributed by atoms with van der Waals surface area (Å²) in [5, 5.41) is 8.01. The first-order valence-corrected chi connectivity index (χ1v) is 8.34. The summed E-state index contributed by atoms with van der Waals surface area (Å²) in [4.78, 5) is 14.8. The maximum atomic E-state index is 13.0. The summed E-state index contributed by atoms with van der Waals surface area (Å²) in [5.41, 5.74) is 8.63. The van der Waals surface area contributed by atoms with Crippen LogP contribution in [0.15, 0.2) is 24.3 Å². The molecule has 0 spiro atoms. The van der Waals surface area contributed by atoms with Crippen molar-refractivity contribution >= 4 is 11.7 Å². The van der Waals surface area contributed by atoms with Gasteiger partial charge in [0, 0.05) is 19.5 Å². The Morgan fingerprint density at radius 3 is 3.08 bits per heavy atom. The van der Waals surface area contributed by atoms with Crippen LogP contribution in [-0.2, 0) is 24.2 Å². The minimum atomic E-state index is -0.187. The van der Waals surface area contributed by atoms with Crippen molar-refractivity contribution in [3.8, 4) is 11.5 Å². The van der Waals surface area contributed by atoms with Crippen LogP contribution in [-0.4, -0.2) is 41.3 Å². The van der Waals surface area contributed by atoms with Crippen molar-refractivity contribution in [2.75, 3.05) is 26.0 Å². The maximum absolute atomic E-state index is 13.0. The average Bonchev–Trinajstić information content (AvgIpc) is 2.65. The SMILES string of the molecule is COc1cccc2c1OC[C@@H](C(=O)N1CCc3nnc(N)cc3C1)C2. The van der Waals surface area contributed by atoms with Gasteiger partial charge in [0.1, 0.15) is 12.4 Å². The number of amides is 1. The number of hydrogen-bond acceptors (Lipinski definition) is 6. The zero-order valence-electron chi connectivity index (χ0n) is 14.1. The minimum absolute atomic E-state index is 0.106. The van der Waals surface area contributed by atoms with Gasteiger partial charge in [0.25, 0.3) is 0 Å². The number of ether oxygens (including phenoxy) is 2. The first-order valence-electron chi connectivity index (χ1n) is 8.34. The van der Waals surface area contributed by atoms with E-state index in [1.165, 1.54) is 0 Å². The molecule has 1 amide bonds. The third-order valence-electron chi connectivity index (χ3n) is 4.80. The van der Waals surface area contributed by atoms with E-state index in [0.29, 0.717) is 44.1 Å². The molecule has 2 aliphatic rings. The number of nitrogens with zero attached hydrogens (tertiary/aromatic N) is 3. The van der Waals surface area contributed by atoms with E-state index >= 15 is 0 Å².